The Kier molecular flexibility index (Phi) is 6.45. The zero-order chi connectivity index (χ0) is 18.4. The quantitative estimate of drug-likeness (QED) is 0.604. The minimum Gasteiger partial charge on any atom is -0.343 e. The topological polar surface area (TPSA) is 41.1 Å². The number of amides is 1. The molecule has 3 aromatic rings. The smallest absolute Gasteiger partial charge is 0.234 e. The summed E-state index contributed by atoms with van der Waals surface area (Å²) in [5, 5.41) is 9.11. The van der Waals surface area contributed by atoms with Gasteiger partial charge in [0, 0.05) is 15.9 Å². The number of carbonyl (C=O) groups excluding carboxylic acids is 1. The average Bonchev–Trinajstić information content (AvgIpc) is 3.19. The SMILES string of the molecule is C[C@@H](NCC(=O)N[C@@H](c1ccccc1)c1cccs1)c1ccccc1Cl. The van der Waals surface area contributed by atoms with E-state index in [2.05, 4.69) is 10.6 Å². The van der Waals surface area contributed by atoms with E-state index in [1.165, 1.54) is 0 Å². The molecule has 0 spiro atoms. The number of carbonyl (C=O) groups is 1. The first-order chi connectivity index (χ1) is 12.6. The summed E-state index contributed by atoms with van der Waals surface area (Å²) in [5.41, 5.74) is 2.06. The molecule has 3 rings (SSSR count). The second-order valence-electron chi connectivity index (χ2n) is 6.05. The maximum atomic E-state index is 12.5. The summed E-state index contributed by atoms with van der Waals surface area (Å²) in [7, 11) is 0. The van der Waals surface area contributed by atoms with Gasteiger partial charge in [-0.1, -0.05) is 66.2 Å². The lowest BCUT2D eigenvalue weighted by Gasteiger charge is -2.20. The van der Waals surface area contributed by atoms with Crippen molar-refractivity contribution in [2.24, 2.45) is 0 Å². The third kappa shape index (κ3) is 4.73. The highest BCUT2D eigenvalue weighted by Crippen LogP contribution is 2.26. The summed E-state index contributed by atoms with van der Waals surface area (Å²) in [6.45, 7) is 2.23. The molecule has 0 radical (unpaired) electrons. The van der Waals surface area contributed by atoms with E-state index in [0.29, 0.717) is 5.02 Å². The third-order valence-corrected chi connectivity index (χ3v) is 5.49. The molecule has 0 saturated heterocycles. The molecule has 0 saturated carbocycles. The van der Waals surface area contributed by atoms with Gasteiger partial charge in [0.25, 0.3) is 0 Å². The maximum Gasteiger partial charge on any atom is 0.234 e. The van der Waals surface area contributed by atoms with Crippen LogP contribution in [0.4, 0.5) is 0 Å². The molecular formula is C21H21ClN2OS. The van der Waals surface area contributed by atoms with Gasteiger partial charge in [0.1, 0.15) is 0 Å². The molecule has 1 amide bonds. The van der Waals surface area contributed by atoms with Crippen molar-refractivity contribution in [2.45, 2.75) is 19.0 Å². The lowest BCUT2D eigenvalue weighted by Crippen LogP contribution is -2.37. The largest absolute Gasteiger partial charge is 0.343 e. The zero-order valence-electron chi connectivity index (χ0n) is 14.5. The highest BCUT2D eigenvalue weighted by Gasteiger charge is 2.18. The first-order valence-electron chi connectivity index (χ1n) is 8.50. The second kappa shape index (κ2) is 8.99. The first kappa shape index (κ1) is 18.6. The highest BCUT2D eigenvalue weighted by molar-refractivity contribution is 7.10. The summed E-state index contributed by atoms with van der Waals surface area (Å²) in [5.74, 6) is -0.0499. The summed E-state index contributed by atoms with van der Waals surface area (Å²) in [6, 6.07) is 21.6. The van der Waals surface area contributed by atoms with Crippen molar-refractivity contribution in [2.75, 3.05) is 6.54 Å². The van der Waals surface area contributed by atoms with Crippen LogP contribution in [-0.4, -0.2) is 12.5 Å². The van der Waals surface area contributed by atoms with Gasteiger partial charge in [-0.15, -0.1) is 11.3 Å². The molecule has 0 aliphatic heterocycles. The fourth-order valence-corrected chi connectivity index (χ4v) is 3.92. The van der Waals surface area contributed by atoms with Crippen molar-refractivity contribution in [3.63, 3.8) is 0 Å². The number of nitrogens with one attached hydrogen (secondary N) is 2. The predicted octanol–water partition coefficient (Wildman–Crippen LogP) is 4.96. The van der Waals surface area contributed by atoms with E-state index in [9.17, 15) is 4.79 Å². The molecule has 134 valence electrons. The minimum absolute atomic E-state index is 0.00800. The zero-order valence-corrected chi connectivity index (χ0v) is 16.1. The van der Waals surface area contributed by atoms with Gasteiger partial charge in [-0.05, 0) is 35.6 Å². The standard InChI is InChI=1S/C21H21ClN2OS/c1-15(17-10-5-6-11-18(17)22)23-14-20(25)24-21(19-12-7-13-26-19)16-8-3-2-4-9-16/h2-13,15,21,23H,14H2,1H3,(H,24,25)/t15-,21+/m1/s1. The van der Waals surface area contributed by atoms with Crippen molar-refractivity contribution in [3.05, 3.63) is 93.1 Å². The van der Waals surface area contributed by atoms with E-state index in [4.69, 9.17) is 11.6 Å². The Morgan fingerprint density at radius 1 is 1.04 bits per heavy atom. The van der Waals surface area contributed by atoms with Crippen LogP contribution >= 0.6 is 22.9 Å². The van der Waals surface area contributed by atoms with Crippen LogP contribution < -0.4 is 10.6 Å². The van der Waals surface area contributed by atoms with Crippen LogP contribution in [0.5, 0.6) is 0 Å². The second-order valence-corrected chi connectivity index (χ2v) is 7.44. The Labute approximate surface area is 163 Å². The monoisotopic (exact) mass is 384 g/mol. The van der Waals surface area contributed by atoms with E-state index in [0.717, 1.165) is 16.0 Å². The molecule has 1 heterocycles. The van der Waals surface area contributed by atoms with Crippen LogP contribution in [-0.2, 0) is 4.79 Å². The Morgan fingerprint density at radius 2 is 1.77 bits per heavy atom. The molecule has 0 unspecified atom stereocenters. The van der Waals surface area contributed by atoms with Gasteiger partial charge in [-0.2, -0.15) is 0 Å². The van der Waals surface area contributed by atoms with E-state index in [1.54, 1.807) is 11.3 Å². The van der Waals surface area contributed by atoms with Gasteiger partial charge in [0.05, 0.1) is 12.6 Å². The predicted molar refractivity (Wildman–Crippen MR) is 109 cm³/mol. The van der Waals surface area contributed by atoms with Crippen LogP contribution in [0, 0.1) is 0 Å². The number of benzene rings is 2. The number of rotatable bonds is 7. The normalized spacial score (nSPS) is 13.2. The third-order valence-electron chi connectivity index (χ3n) is 4.21. The van der Waals surface area contributed by atoms with Crippen molar-refractivity contribution >= 4 is 28.8 Å². The molecule has 26 heavy (non-hydrogen) atoms. The van der Waals surface area contributed by atoms with E-state index >= 15 is 0 Å². The van der Waals surface area contributed by atoms with Gasteiger partial charge >= 0.3 is 0 Å². The number of hydrogen-bond acceptors (Lipinski definition) is 3. The van der Waals surface area contributed by atoms with Gasteiger partial charge < -0.3 is 10.6 Å². The van der Waals surface area contributed by atoms with Crippen LogP contribution in [0.2, 0.25) is 5.02 Å². The van der Waals surface area contributed by atoms with Crippen LogP contribution in [0.25, 0.3) is 0 Å². The Hall–Kier alpha value is -2.14. The van der Waals surface area contributed by atoms with Crippen molar-refractivity contribution in [1.82, 2.24) is 10.6 Å². The van der Waals surface area contributed by atoms with Gasteiger partial charge in [0.2, 0.25) is 5.91 Å². The molecule has 5 heteroatoms. The Morgan fingerprint density at radius 3 is 2.46 bits per heavy atom. The average molecular weight is 385 g/mol. The number of thiophene rings is 1. The van der Waals surface area contributed by atoms with Gasteiger partial charge in [-0.3, -0.25) is 4.79 Å². The van der Waals surface area contributed by atoms with Crippen LogP contribution in [0.15, 0.2) is 72.1 Å². The molecule has 2 atom stereocenters. The fraction of sp³-hybridized carbons (Fsp3) is 0.190. The number of hydrogen-bond donors (Lipinski definition) is 2. The maximum absolute atomic E-state index is 12.5. The molecule has 2 N–H and O–H groups in total. The summed E-state index contributed by atoms with van der Waals surface area (Å²) < 4.78 is 0. The Balaban J connectivity index is 1.64. The molecular weight excluding hydrogens is 364 g/mol. The Bertz CT molecular complexity index is 836. The van der Waals surface area contributed by atoms with E-state index < -0.39 is 0 Å². The van der Waals surface area contributed by atoms with Gasteiger partial charge in [0.15, 0.2) is 0 Å². The van der Waals surface area contributed by atoms with E-state index in [1.807, 2.05) is 79.0 Å². The van der Waals surface area contributed by atoms with E-state index in [-0.39, 0.29) is 24.5 Å². The first-order valence-corrected chi connectivity index (χ1v) is 9.76. The number of halogens is 1. The van der Waals surface area contributed by atoms with Crippen LogP contribution in [0.3, 0.4) is 0 Å². The molecule has 0 fully saturated rings. The molecule has 0 aliphatic carbocycles. The van der Waals surface area contributed by atoms with Crippen molar-refractivity contribution in [1.29, 1.82) is 0 Å². The summed E-state index contributed by atoms with van der Waals surface area (Å²) >= 11 is 7.87. The van der Waals surface area contributed by atoms with Crippen molar-refractivity contribution < 1.29 is 4.79 Å². The molecule has 3 nitrogen and oxygen atoms in total. The lowest BCUT2D eigenvalue weighted by atomic mass is 10.1. The van der Waals surface area contributed by atoms with Crippen LogP contribution in [0.1, 0.15) is 35.0 Å². The lowest BCUT2D eigenvalue weighted by molar-refractivity contribution is -0.120. The van der Waals surface area contributed by atoms with Gasteiger partial charge in [-0.25, -0.2) is 0 Å². The molecule has 2 aromatic carbocycles. The highest BCUT2D eigenvalue weighted by atomic mass is 35.5. The molecule has 0 aliphatic rings. The minimum atomic E-state index is -0.138. The van der Waals surface area contributed by atoms with Crippen molar-refractivity contribution in [3.8, 4) is 0 Å². The summed E-state index contributed by atoms with van der Waals surface area (Å²) in [4.78, 5) is 13.7. The molecule has 1 aromatic heterocycles. The molecule has 0 bridgehead atoms. The fourth-order valence-electron chi connectivity index (χ4n) is 2.81. The summed E-state index contributed by atoms with van der Waals surface area (Å²) in [6.07, 6.45) is 0.